The fourth-order valence-corrected chi connectivity index (χ4v) is 4.68. The number of carbonyl (C=O) groups excluding carboxylic acids is 2. The highest BCUT2D eigenvalue weighted by Gasteiger charge is 2.54. The molecule has 3 N–H and O–H groups in total. The molecule has 2 amide bonds. The molecule has 9 heteroatoms. The maximum Gasteiger partial charge on any atom is 0.307 e. The molecule has 2 bridgehead atoms. The van der Waals surface area contributed by atoms with Gasteiger partial charge in [0.05, 0.1) is 16.9 Å². The molecule has 0 aliphatic heterocycles. The first-order valence-electron chi connectivity index (χ1n) is 9.26. The van der Waals surface area contributed by atoms with Gasteiger partial charge < -0.3 is 9.84 Å². The number of hydrogen-bond donors (Lipinski definition) is 3. The first-order valence-corrected chi connectivity index (χ1v) is 10.0. The van der Waals surface area contributed by atoms with Gasteiger partial charge in [-0.2, -0.15) is 0 Å². The van der Waals surface area contributed by atoms with E-state index in [0.29, 0.717) is 16.5 Å². The van der Waals surface area contributed by atoms with E-state index in [1.807, 2.05) is 0 Å². The Morgan fingerprint density at radius 1 is 1.18 bits per heavy atom. The minimum Gasteiger partial charge on any atom is -0.481 e. The average molecular weight is 429 g/mol. The summed E-state index contributed by atoms with van der Waals surface area (Å²) in [5, 5.41) is 10.2. The van der Waals surface area contributed by atoms with Crippen LogP contribution in [0, 0.1) is 23.7 Å². The Balaban J connectivity index is 1.60. The van der Waals surface area contributed by atoms with Crippen molar-refractivity contribution < 1.29 is 24.2 Å². The Morgan fingerprint density at radius 2 is 1.86 bits per heavy atom. The van der Waals surface area contributed by atoms with Gasteiger partial charge in [0.1, 0.15) is 5.75 Å². The number of hydrazine groups is 1. The average Bonchev–Trinajstić information content (AvgIpc) is 3.27. The van der Waals surface area contributed by atoms with Gasteiger partial charge in [-0.25, -0.2) is 0 Å². The van der Waals surface area contributed by atoms with Crippen LogP contribution in [0.4, 0.5) is 0 Å². The van der Waals surface area contributed by atoms with Gasteiger partial charge >= 0.3 is 5.97 Å². The third-order valence-corrected chi connectivity index (χ3v) is 6.19. The highest BCUT2D eigenvalue weighted by Crippen LogP contribution is 2.52. The molecule has 4 unspecified atom stereocenters. The molecule has 2 aliphatic rings. The van der Waals surface area contributed by atoms with E-state index < -0.39 is 35.7 Å². The van der Waals surface area contributed by atoms with E-state index in [4.69, 9.17) is 27.9 Å². The van der Waals surface area contributed by atoms with Crippen molar-refractivity contribution in [3.63, 3.8) is 0 Å². The quantitative estimate of drug-likeness (QED) is 0.603. The van der Waals surface area contributed by atoms with Gasteiger partial charge in [0.15, 0.2) is 6.10 Å². The number of benzene rings is 1. The van der Waals surface area contributed by atoms with Crippen LogP contribution in [-0.2, 0) is 14.4 Å². The highest BCUT2D eigenvalue weighted by atomic mass is 35.5. The third-order valence-electron chi connectivity index (χ3n) is 5.64. The van der Waals surface area contributed by atoms with Crippen LogP contribution in [0.15, 0.2) is 18.2 Å². The van der Waals surface area contributed by atoms with E-state index in [1.54, 1.807) is 19.1 Å². The number of halogens is 2. The number of aliphatic carboxylic acids is 1. The molecule has 2 saturated carbocycles. The predicted molar refractivity (Wildman–Crippen MR) is 103 cm³/mol. The monoisotopic (exact) mass is 428 g/mol. The van der Waals surface area contributed by atoms with Crippen LogP contribution in [0.2, 0.25) is 10.0 Å². The second-order valence-electron chi connectivity index (χ2n) is 7.29. The topological polar surface area (TPSA) is 105 Å². The molecule has 28 heavy (non-hydrogen) atoms. The summed E-state index contributed by atoms with van der Waals surface area (Å²) in [6.45, 7) is 1.75. The van der Waals surface area contributed by atoms with Gasteiger partial charge in [0, 0.05) is 11.1 Å². The first-order chi connectivity index (χ1) is 13.3. The van der Waals surface area contributed by atoms with E-state index in [2.05, 4.69) is 10.9 Å². The Hall–Kier alpha value is -1.99. The fraction of sp³-hybridized carbons (Fsp3) is 0.526. The minimum absolute atomic E-state index is 0.0330. The summed E-state index contributed by atoms with van der Waals surface area (Å²) in [6.07, 6.45) is 1.86. The van der Waals surface area contributed by atoms with Crippen LogP contribution in [0.5, 0.6) is 5.75 Å². The second kappa shape index (κ2) is 8.57. The minimum atomic E-state index is -0.955. The van der Waals surface area contributed by atoms with Crippen LogP contribution in [-0.4, -0.2) is 29.0 Å². The van der Waals surface area contributed by atoms with Crippen LogP contribution in [0.3, 0.4) is 0 Å². The lowest BCUT2D eigenvalue weighted by Gasteiger charge is -2.27. The molecule has 3 rings (SSSR count). The molecule has 152 valence electrons. The molecule has 5 atom stereocenters. The van der Waals surface area contributed by atoms with Crippen molar-refractivity contribution in [1.29, 1.82) is 0 Å². The first kappa shape index (κ1) is 20.7. The zero-order chi connectivity index (χ0) is 20.4. The Morgan fingerprint density at radius 3 is 2.50 bits per heavy atom. The summed E-state index contributed by atoms with van der Waals surface area (Å²) in [7, 11) is 0. The van der Waals surface area contributed by atoms with Crippen molar-refractivity contribution >= 4 is 41.0 Å². The van der Waals surface area contributed by atoms with Gasteiger partial charge in [-0.05, 0) is 49.7 Å². The zero-order valence-corrected chi connectivity index (χ0v) is 16.8. The highest BCUT2D eigenvalue weighted by molar-refractivity contribution is 6.34. The van der Waals surface area contributed by atoms with Gasteiger partial charge in [0.25, 0.3) is 5.91 Å². The Kier molecular flexibility index (Phi) is 6.35. The normalized spacial score (nSPS) is 26.5. The number of carbonyl (C=O) groups is 3. The summed E-state index contributed by atoms with van der Waals surface area (Å²) >= 11 is 12.0. The number of carboxylic acid groups (broad SMARTS) is 1. The van der Waals surface area contributed by atoms with Crippen molar-refractivity contribution in [2.75, 3.05) is 0 Å². The maximum atomic E-state index is 12.6. The van der Waals surface area contributed by atoms with Crippen LogP contribution in [0.1, 0.15) is 32.6 Å². The lowest BCUT2D eigenvalue weighted by molar-refractivity contribution is -0.150. The molecule has 2 aliphatic carbocycles. The van der Waals surface area contributed by atoms with Crippen LogP contribution in [0.25, 0.3) is 0 Å². The molecule has 0 heterocycles. The number of amides is 2. The van der Waals surface area contributed by atoms with Crippen molar-refractivity contribution in [2.24, 2.45) is 23.7 Å². The molecular weight excluding hydrogens is 407 g/mol. The number of carboxylic acids is 1. The summed E-state index contributed by atoms with van der Waals surface area (Å²) in [5.41, 5.74) is 4.73. The van der Waals surface area contributed by atoms with Crippen LogP contribution < -0.4 is 15.6 Å². The van der Waals surface area contributed by atoms with Crippen molar-refractivity contribution in [1.82, 2.24) is 10.9 Å². The SMILES string of the molecule is CCC(Oc1cc(Cl)ccc1Cl)C(=O)NNC(=O)[C@@H]1C2CCC(C2)C1C(=O)O. The number of fused-ring (bicyclic) bond motifs is 2. The summed E-state index contributed by atoms with van der Waals surface area (Å²) < 4.78 is 5.63. The molecular formula is C19H22Cl2N2O5. The van der Waals surface area contributed by atoms with E-state index in [9.17, 15) is 19.5 Å². The summed E-state index contributed by atoms with van der Waals surface area (Å²) in [5.74, 6) is -2.95. The Labute approximate surface area is 172 Å². The van der Waals surface area contributed by atoms with Crippen LogP contribution >= 0.6 is 23.2 Å². The molecule has 7 nitrogen and oxygen atoms in total. The zero-order valence-electron chi connectivity index (χ0n) is 15.3. The van der Waals surface area contributed by atoms with E-state index in [1.165, 1.54) is 6.07 Å². The molecule has 0 radical (unpaired) electrons. The van der Waals surface area contributed by atoms with Gasteiger partial charge in [0.2, 0.25) is 5.91 Å². The third kappa shape index (κ3) is 4.20. The molecule has 0 spiro atoms. The lowest BCUT2D eigenvalue weighted by Crippen LogP contribution is -2.52. The molecule has 0 saturated heterocycles. The molecule has 1 aromatic rings. The Bertz CT molecular complexity index is 788. The van der Waals surface area contributed by atoms with Crippen molar-refractivity contribution in [3.05, 3.63) is 28.2 Å². The fourth-order valence-electron chi connectivity index (χ4n) is 4.35. The second-order valence-corrected chi connectivity index (χ2v) is 8.13. The lowest BCUT2D eigenvalue weighted by atomic mass is 9.79. The van der Waals surface area contributed by atoms with Crippen molar-refractivity contribution in [2.45, 2.75) is 38.7 Å². The largest absolute Gasteiger partial charge is 0.481 e. The molecule has 1 aromatic carbocycles. The van der Waals surface area contributed by atoms with E-state index in [0.717, 1.165) is 19.3 Å². The van der Waals surface area contributed by atoms with Gasteiger partial charge in [-0.3, -0.25) is 25.2 Å². The van der Waals surface area contributed by atoms with Crippen molar-refractivity contribution in [3.8, 4) is 5.75 Å². The summed E-state index contributed by atoms with van der Waals surface area (Å²) in [6, 6.07) is 4.67. The predicted octanol–water partition coefficient (Wildman–Crippen LogP) is 3.05. The molecule has 2 fully saturated rings. The maximum absolute atomic E-state index is 12.6. The van der Waals surface area contributed by atoms with E-state index in [-0.39, 0.29) is 17.6 Å². The summed E-state index contributed by atoms with van der Waals surface area (Å²) in [4.78, 5) is 36.5. The standard InChI is InChI=1S/C19H22Cl2N2O5/c1-2-13(28-14-8-11(20)5-6-12(14)21)17(24)22-23-18(25)15-9-3-4-10(7-9)16(15)19(26)27/h5-6,8-10,13,15-16H,2-4,7H2,1H3,(H,22,24)(H,23,25)(H,26,27)/t9?,10?,13?,15-,16?/m1/s1. The smallest absolute Gasteiger partial charge is 0.307 e. The van der Waals surface area contributed by atoms with E-state index >= 15 is 0 Å². The number of ether oxygens (including phenoxy) is 1. The number of nitrogens with one attached hydrogen (secondary N) is 2. The number of hydrogen-bond acceptors (Lipinski definition) is 4. The van der Waals surface area contributed by atoms with Gasteiger partial charge in [-0.1, -0.05) is 30.1 Å². The van der Waals surface area contributed by atoms with Gasteiger partial charge in [-0.15, -0.1) is 0 Å². The number of rotatable bonds is 6. The molecule has 0 aromatic heterocycles.